The summed E-state index contributed by atoms with van der Waals surface area (Å²) in [6.07, 6.45) is 2.70. The Labute approximate surface area is 75.5 Å². The maximum atomic E-state index is 5.43. The Hall–Kier alpha value is -1.10. The minimum Gasteiger partial charge on any atom is -0.370 e. The van der Waals surface area contributed by atoms with Crippen LogP contribution in [0.4, 0.5) is 0 Å². The van der Waals surface area contributed by atoms with Crippen LogP contribution in [-0.2, 0) is 6.42 Å². The summed E-state index contributed by atoms with van der Waals surface area (Å²) < 4.78 is 0. The zero-order valence-corrected chi connectivity index (χ0v) is 7.77. The maximum Gasteiger partial charge on any atom is 0.188 e. The van der Waals surface area contributed by atoms with Crippen LogP contribution >= 0.6 is 11.3 Å². The zero-order chi connectivity index (χ0) is 8.81. The molecule has 0 aliphatic carbocycles. The van der Waals surface area contributed by atoms with E-state index in [-0.39, 0.29) is 0 Å². The van der Waals surface area contributed by atoms with Gasteiger partial charge in [-0.15, -0.1) is 11.3 Å². The Morgan fingerprint density at radius 1 is 1.83 bits per heavy atom. The maximum absolute atomic E-state index is 5.43. The van der Waals surface area contributed by atoms with Gasteiger partial charge in [0, 0.05) is 31.6 Å². The van der Waals surface area contributed by atoms with Crippen LogP contribution in [0, 0.1) is 0 Å². The van der Waals surface area contributed by atoms with Crippen LogP contribution < -0.4 is 11.1 Å². The van der Waals surface area contributed by atoms with Crippen LogP contribution in [0.5, 0.6) is 0 Å². The minimum atomic E-state index is 0.478. The van der Waals surface area contributed by atoms with E-state index in [1.165, 1.54) is 0 Å². The number of guanidine groups is 1. The number of nitrogens with one attached hydrogen (secondary N) is 1. The number of thiazole rings is 1. The summed E-state index contributed by atoms with van der Waals surface area (Å²) in [6, 6.07) is 0. The molecule has 1 heterocycles. The predicted octanol–water partition coefficient (Wildman–Crippen LogP) is 0.220. The highest BCUT2D eigenvalue weighted by Crippen LogP contribution is 2.02. The average molecular weight is 184 g/mol. The van der Waals surface area contributed by atoms with E-state index in [0.29, 0.717) is 5.96 Å². The molecule has 5 heteroatoms. The first-order valence-corrected chi connectivity index (χ1v) is 4.55. The molecule has 0 unspecified atom stereocenters. The summed E-state index contributed by atoms with van der Waals surface area (Å²) in [7, 11) is 1.66. The molecule has 12 heavy (non-hydrogen) atoms. The molecule has 4 nitrogen and oxygen atoms in total. The monoisotopic (exact) mass is 184 g/mol. The second kappa shape index (κ2) is 4.71. The van der Waals surface area contributed by atoms with Crippen LogP contribution in [0.15, 0.2) is 16.6 Å². The van der Waals surface area contributed by atoms with Crippen molar-refractivity contribution in [2.24, 2.45) is 10.7 Å². The largest absolute Gasteiger partial charge is 0.370 e. The number of nitrogens with two attached hydrogens (primary N) is 1. The van der Waals surface area contributed by atoms with E-state index in [0.717, 1.165) is 18.0 Å². The van der Waals surface area contributed by atoms with Gasteiger partial charge in [-0.05, 0) is 0 Å². The van der Waals surface area contributed by atoms with Crippen LogP contribution in [0.1, 0.15) is 5.01 Å². The van der Waals surface area contributed by atoms with Gasteiger partial charge in [-0.3, -0.25) is 4.99 Å². The van der Waals surface area contributed by atoms with Crippen LogP contribution in [0.3, 0.4) is 0 Å². The van der Waals surface area contributed by atoms with Gasteiger partial charge >= 0.3 is 0 Å². The Bertz CT molecular complexity index is 242. The number of aromatic nitrogens is 1. The van der Waals surface area contributed by atoms with Crippen molar-refractivity contribution in [3.05, 3.63) is 16.6 Å². The van der Waals surface area contributed by atoms with Gasteiger partial charge in [0.25, 0.3) is 0 Å². The summed E-state index contributed by atoms with van der Waals surface area (Å²) in [4.78, 5) is 7.91. The lowest BCUT2D eigenvalue weighted by Crippen LogP contribution is -2.32. The SMILES string of the molecule is CN=C(N)NCCc1nccs1. The lowest BCUT2D eigenvalue weighted by Gasteiger charge is -2.01. The van der Waals surface area contributed by atoms with Crippen molar-refractivity contribution in [3.8, 4) is 0 Å². The smallest absolute Gasteiger partial charge is 0.188 e. The molecule has 3 N–H and O–H groups in total. The van der Waals surface area contributed by atoms with Crippen molar-refractivity contribution >= 4 is 17.3 Å². The summed E-state index contributed by atoms with van der Waals surface area (Å²) in [5.41, 5.74) is 5.43. The van der Waals surface area contributed by atoms with Gasteiger partial charge in [-0.25, -0.2) is 4.98 Å². The molecule has 0 radical (unpaired) electrons. The highest BCUT2D eigenvalue weighted by Gasteiger charge is 1.94. The first-order chi connectivity index (χ1) is 5.83. The predicted molar refractivity (Wildman–Crippen MR) is 51.4 cm³/mol. The molecule has 66 valence electrons. The topological polar surface area (TPSA) is 63.3 Å². The number of hydrogen-bond donors (Lipinski definition) is 2. The molecule has 0 amide bonds. The van der Waals surface area contributed by atoms with Crippen molar-refractivity contribution in [2.75, 3.05) is 13.6 Å². The van der Waals surface area contributed by atoms with Gasteiger partial charge in [0.05, 0.1) is 5.01 Å². The molecular formula is C7H12N4S. The van der Waals surface area contributed by atoms with Gasteiger partial charge in [-0.1, -0.05) is 0 Å². The number of aliphatic imine (C=N–C) groups is 1. The first-order valence-electron chi connectivity index (χ1n) is 3.67. The Balaban J connectivity index is 2.19. The molecule has 1 aromatic rings. The zero-order valence-electron chi connectivity index (χ0n) is 6.95. The van der Waals surface area contributed by atoms with Crippen molar-refractivity contribution in [3.63, 3.8) is 0 Å². The Morgan fingerprint density at radius 3 is 3.25 bits per heavy atom. The van der Waals surface area contributed by atoms with E-state index >= 15 is 0 Å². The quantitative estimate of drug-likeness (QED) is 0.522. The molecule has 0 saturated heterocycles. The van der Waals surface area contributed by atoms with E-state index in [1.54, 1.807) is 24.6 Å². The van der Waals surface area contributed by atoms with Crippen molar-refractivity contribution < 1.29 is 0 Å². The summed E-state index contributed by atoms with van der Waals surface area (Å²) in [5.74, 6) is 0.478. The fraction of sp³-hybridized carbons (Fsp3) is 0.429. The van der Waals surface area contributed by atoms with Gasteiger partial charge in [-0.2, -0.15) is 0 Å². The van der Waals surface area contributed by atoms with Crippen molar-refractivity contribution in [2.45, 2.75) is 6.42 Å². The fourth-order valence-electron chi connectivity index (χ4n) is 0.753. The Morgan fingerprint density at radius 2 is 2.67 bits per heavy atom. The van der Waals surface area contributed by atoms with E-state index < -0.39 is 0 Å². The highest BCUT2D eigenvalue weighted by atomic mass is 32.1. The third-order valence-electron chi connectivity index (χ3n) is 1.37. The average Bonchev–Trinajstić information content (AvgIpc) is 2.57. The molecule has 1 rings (SSSR count). The molecular weight excluding hydrogens is 172 g/mol. The summed E-state index contributed by atoms with van der Waals surface area (Å²) in [6.45, 7) is 0.788. The molecule has 1 aromatic heterocycles. The van der Waals surface area contributed by atoms with Crippen LogP contribution in [0.2, 0.25) is 0 Å². The van der Waals surface area contributed by atoms with Crippen LogP contribution in [0.25, 0.3) is 0 Å². The normalized spacial score (nSPS) is 11.6. The molecule has 0 fully saturated rings. The second-order valence-electron chi connectivity index (χ2n) is 2.21. The molecule has 0 aliphatic rings. The molecule has 0 atom stereocenters. The van der Waals surface area contributed by atoms with E-state index in [9.17, 15) is 0 Å². The summed E-state index contributed by atoms with van der Waals surface area (Å²) >= 11 is 1.65. The molecule has 0 spiro atoms. The lowest BCUT2D eigenvalue weighted by molar-refractivity contribution is 0.850. The van der Waals surface area contributed by atoms with Crippen molar-refractivity contribution in [1.82, 2.24) is 10.3 Å². The van der Waals surface area contributed by atoms with Gasteiger partial charge in [0.2, 0.25) is 0 Å². The van der Waals surface area contributed by atoms with Gasteiger partial charge in [0.1, 0.15) is 0 Å². The Kier molecular flexibility index (Phi) is 3.53. The third kappa shape index (κ3) is 2.87. The third-order valence-corrected chi connectivity index (χ3v) is 2.21. The van der Waals surface area contributed by atoms with Crippen LogP contribution in [-0.4, -0.2) is 24.5 Å². The summed E-state index contributed by atoms with van der Waals surface area (Å²) in [5, 5.41) is 6.05. The molecule has 0 bridgehead atoms. The second-order valence-corrected chi connectivity index (χ2v) is 3.19. The number of rotatable bonds is 3. The standard InChI is InChI=1S/C7H12N4S/c1-9-7(8)11-3-2-6-10-4-5-12-6/h4-5H,2-3H2,1H3,(H3,8,9,11). The number of hydrogen-bond acceptors (Lipinski definition) is 3. The van der Waals surface area contributed by atoms with E-state index in [2.05, 4.69) is 15.3 Å². The fourth-order valence-corrected chi connectivity index (χ4v) is 1.37. The molecule has 0 saturated carbocycles. The number of nitrogens with zero attached hydrogens (tertiary/aromatic N) is 2. The molecule has 0 aromatic carbocycles. The molecule has 0 aliphatic heterocycles. The highest BCUT2D eigenvalue weighted by molar-refractivity contribution is 7.09. The van der Waals surface area contributed by atoms with E-state index in [1.807, 2.05) is 5.38 Å². The lowest BCUT2D eigenvalue weighted by atomic mass is 10.4. The minimum absolute atomic E-state index is 0.478. The van der Waals surface area contributed by atoms with Gasteiger partial charge < -0.3 is 11.1 Å². The first kappa shape index (κ1) is 8.99. The van der Waals surface area contributed by atoms with Gasteiger partial charge in [0.15, 0.2) is 5.96 Å². The van der Waals surface area contributed by atoms with Crippen molar-refractivity contribution in [1.29, 1.82) is 0 Å². The van der Waals surface area contributed by atoms with E-state index in [4.69, 9.17) is 5.73 Å².